The van der Waals surface area contributed by atoms with E-state index in [1.54, 1.807) is 6.92 Å². The van der Waals surface area contributed by atoms with Crippen LogP contribution < -0.4 is 0 Å². The van der Waals surface area contributed by atoms with Crippen molar-refractivity contribution in [2.45, 2.75) is 31.4 Å². The highest BCUT2D eigenvalue weighted by atomic mass is 32.2. The molecule has 0 aliphatic carbocycles. The van der Waals surface area contributed by atoms with Gasteiger partial charge < -0.3 is 9.84 Å². The Morgan fingerprint density at radius 1 is 1.45 bits per heavy atom. The Bertz CT molecular complexity index is 574. The summed E-state index contributed by atoms with van der Waals surface area (Å²) in [5.74, 6) is -0.650. The van der Waals surface area contributed by atoms with Gasteiger partial charge in [0.25, 0.3) is 0 Å². The summed E-state index contributed by atoms with van der Waals surface area (Å²) < 4.78 is 44.8. The molecule has 1 rings (SSSR count). The first-order chi connectivity index (χ1) is 9.25. The smallest absolute Gasteiger partial charge is 0.243 e. The number of likely N-dealkylation sites (N-methyl/N-ethyl adjacent to an activating group) is 1. The van der Waals surface area contributed by atoms with Crippen molar-refractivity contribution in [2.24, 2.45) is 0 Å². The van der Waals surface area contributed by atoms with E-state index in [9.17, 15) is 12.8 Å². The van der Waals surface area contributed by atoms with Crippen LogP contribution in [0, 0.1) is 12.7 Å². The summed E-state index contributed by atoms with van der Waals surface area (Å²) in [6.45, 7) is 2.91. The predicted octanol–water partition coefficient (Wildman–Crippen LogP) is 1.28. The molecular formula is C13H20FNO4S. The van der Waals surface area contributed by atoms with Crippen molar-refractivity contribution in [1.29, 1.82) is 0 Å². The molecule has 0 radical (unpaired) electrons. The van der Waals surface area contributed by atoms with Gasteiger partial charge in [0.1, 0.15) is 5.82 Å². The molecule has 0 bridgehead atoms. The number of sulfonamides is 1. The molecule has 5 nitrogen and oxygen atoms in total. The van der Waals surface area contributed by atoms with Gasteiger partial charge in [-0.05, 0) is 31.5 Å². The Balaban J connectivity index is 3.31. The number of halogens is 1. The molecule has 0 amide bonds. The average molecular weight is 305 g/mol. The summed E-state index contributed by atoms with van der Waals surface area (Å²) in [7, 11) is -0.945. The minimum Gasteiger partial charge on any atom is -0.392 e. The summed E-state index contributed by atoms with van der Waals surface area (Å²) in [5.41, 5.74) is 0.262. The van der Waals surface area contributed by atoms with Gasteiger partial charge in [0.2, 0.25) is 10.0 Å². The average Bonchev–Trinajstić information content (AvgIpc) is 2.40. The maximum Gasteiger partial charge on any atom is 0.243 e. The molecule has 1 aromatic carbocycles. The third kappa shape index (κ3) is 3.35. The topological polar surface area (TPSA) is 66.8 Å². The van der Waals surface area contributed by atoms with E-state index in [4.69, 9.17) is 9.84 Å². The first-order valence-electron chi connectivity index (χ1n) is 6.12. The zero-order valence-electron chi connectivity index (χ0n) is 12.1. The van der Waals surface area contributed by atoms with Gasteiger partial charge in [-0.2, -0.15) is 4.31 Å². The molecule has 0 spiro atoms. The van der Waals surface area contributed by atoms with Crippen LogP contribution >= 0.6 is 0 Å². The number of nitrogens with zero attached hydrogens (tertiary/aromatic N) is 1. The first kappa shape index (κ1) is 17.0. The van der Waals surface area contributed by atoms with Crippen LogP contribution in [0.1, 0.15) is 18.1 Å². The van der Waals surface area contributed by atoms with E-state index < -0.39 is 22.4 Å². The van der Waals surface area contributed by atoms with Crippen molar-refractivity contribution < 1.29 is 22.7 Å². The quantitative estimate of drug-likeness (QED) is 0.860. The number of hydrogen-bond acceptors (Lipinski definition) is 4. The van der Waals surface area contributed by atoms with Gasteiger partial charge in [-0.15, -0.1) is 0 Å². The second-order valence-corrected chi connectivity index (χ2v) is 6.65. The van der Waals surface area contributed by atoms with Crippen molar-refractivity contribution in [2.75, 3.05) is 20.8 Å². The Hall–Kier alpha value is -1.02. The number of ether oxygens (including phenoxy) is 1. The molecule has 1 N–H and O–H groups in total. The van der Waals surface area contributed by atoms with E-state index in [2.05, 4.69) is 0 Å². The SMILES string of the molecule is COCC(C)N(C)S(=O)(=O)c1cc(CO)cc(F)c1C. The van der Waals surface area contributed by atoms with Crippen molar-refractivity contribution in [3.8, 4) is 0 Å². The van der Waals surface area contributed by atoms with Crippen LogP contribution in [-0.4, -0.2) is 44.6 Å². The number of benzene rings is 1. The standard InChI is InChI=1S/C13H20FNO4S/c1-9(8-19-4)15(3)20(17,18)13-6-11(7-16)5-12(14)10(13)2/h5-6,9,16H,7-8H2,1-4H3. The van der Waals surface area contributed by atoms with Gasteiger partial charge in [0.15, 0.2) is 0 Å². The normalized spacial score (nSPS) is 13.8. The second-order valence-electron chi connectivity index (χ2n) is 4.68. The Kier molecular flexibility index (Phi) is 5.64. The van der Waals surface area contributed by atoms with Crippen LogP contribution in [-0.2, 0) is 21.4 Å². The first-order valence-corrected chi connectivity index (χ1v) is 7.56. The lowest BCUT2D eigenvalue weighted by Gasteiger charge is -2.24. The number of methoxy groups -OCH3 is 1. The second kappa shape index (κ2) is 6.62. The van der Waals surface area contributed by atoms with E-state index in [1.807, 2.05) is 0 Å². The summed E-state index contributed by atoms with van der Waals surface area (Å²) >= 11 is 0. The largest absolute Gasteiger partial charge is 0.392 e. The molecule has 0 saturated heterocycles. The number of aliphatic hydroxyl groups excluding tert-OH is 1. The molecule has 1 aromatic rings. The van der Waals surface area contributed by atoms with E-state index in [1.165, 1.54) is 27.1 Å². The lowest BCUT2D eigenvalue weighted by Crippen LogP contribution is -2.38. The van der Waals surface area contributed by atoms with Gasteiger partial charge in [-0.1, -0.05) is 0 Å². The monoisotopic (exact) mass is 305 g/mol. The maximum absolute atomic E-state index is 13.8. The van der Waals surface area contributed by atoms with Crippen molar-refractivity contribution in [3.63, 3.8) is 0 Å². The Morgan fingerprint density at radius 3 is 2.55 bits per heavy atom. The van der Waals surface area contributed by atoms with Crippen LogP contribution in [0.4, 0.5) is 4.39 Å². The highest BCUT2D eigenvalue weighted by Gasteiger charge is 2.28. The third-order valence-electron chi connectivity index (χ3n) is 3.22. The van der Waals surface area contributed by atoms with E-state index in [-0.39, 0.29) is 28.7 Å². The lowest BCUT2D eigenvalue weighted by molar-refractivity contribution is 0.149. The summed E-state index contributed by atoms with van der Waals surface area (Å²) in [5, 5.41) is 9.08. The fourth-order valence-electron chi connectivity index (χ4n) is 1.80. The summed E-state index contributed by atoms with van der Waals surface area (Å²) in [6, 6.07) is 2.04. The molecule has 114 valence electrons. The third-order valence-corrected chi connectivity index (χ3v) is 5.32. The molecule has 0 fully saturated rings. The summed E-state index contributed by atoms with van der Waals surface area (Å²) in [6.07, 6.45) is 0. The number of hydrogen-bond donors (Lipinski definition) is 1. The summed E-state index contributed by atoms with van der Waals surface area (Å²) in [4.78, 5) is -0.132. The molecule has 0 saturated carbocycles. The molecule has 1 atom stereocenters. The van der Waals surface area contributed by atoms with Crippen molar-refractivity contribution >= 4 is 10.0 Å². The zero-order chi connectivity index (χ0) is 15.5. The van der Waals surface area contributed by atoms with Crippen LogP contribution in [0.25, 0.3) is 0 Å². The Morgan fingerprint density at radius 2 is 2.05 bits per heavy atom. The van der Waals surface area contributed by atoms with Crippen molar-refractivity contribution in [3.05, 3.63) is 29.1 Å². The molecule has 1 unspecified atom stereocenters. The maximum atomic E-state index is 13.8. The molecule has 0 aliphatic heterocycles. The highest BCUT2D eigenvalue weighted by molar-refractivity contribution is 7.89. The van der Waals surface area contributed by atoms with Crippen LogP contribution in [0.15, 0.2) is 17.0 Å². The van der Waals surface area contributed by atoms with E-state index in [0.29, 0.717) is 0 Å². The zero-order valence-corrected chi connectivity index (χ0v) is 12.9. The number of rotatable bonds is 6. The van der Waals surface area contributed by atoms with Gasteiger partial charge in [-0.25, -0.2) is 12.8 Å². The highest BCUT2D eigenvalue weighted by Crippen LogP contribution is 2.24. The van der Waals surface area contributed by atoms with Gasteiger partial charge in [0, 0.05) is 25.8 Å². The molecule has 0 aliphatic rings. The van der Waals surface area contributed by atoms with E-state index >= 15 is 0 Å². The molecule has 0 heterocycles. The Labute approximate surface area is 119 Å². The van der Waals surface area contributed by atoms with Gasteiger partial charge in [0.05, 0.1) is 18.1 Å². The van der Waals surface area contributed by atoms with E-state index in [0.717, 1.165) is 10.4 Å². The van der Waals surface area contributed by atoms with Gasteiger partial charge in [-0.3, -0.25) is 0 Å². The van der Waals surface area contributed by atoms with Crippen LogP contribution in [0.3, 0.4) is 0 Å². The number of aliphatic hydroxyl groups is 1. The fraction of sp³-hybridized carbons (Fsp3) is 0.538. The van der Waals surface area contributed by atoms with Crippen molar-refractivity contribution in [1.82, 2.24) is 4.31 Å². The molecular weight excluding hydrogens is 285 g/mol. The molecule has 0 aromatic heterocycles. The fourth-order valence-corrected chi connectivity index (χ4v) is 3.43. The van der Waals surface area contributed by atoms with Crippen LogP contribution in [0.5, 0.6) is 0 Å². The minimum atomic E-state index is -3.84. The van der Waals surface area contributed by atoms with Gasteiger partial charge >= 0.3 is 0 Å². The minimum absolute atomic E-state index is 0.0404. The molecule has 7 heteroatoms. The lowest BCUT2D eigenvalue weighted by atomic mass is 10.1. The predicted molar refractivity (Wildman–Crippen MR) is 73.3 cm³/mol. The molecule has 20 heavy (non-hydrogen) atoms. The van der Waals surface area contributed by atoms with Crippen LogP contribution in [0.2, 0.25) is 0 Å².